The van der Waals surface area contributed by atoms with Gasteiger partial charge >= 0.3 is 10.2 Å². The topological polar surface area (TPSA) is 75.2 Å². The van der Waals surface area contributed by atoms with Crippen molar-refractivity contribution in [1.82, 2.24) is 9.29 Å². The van der Waals surface area contributed by atoms with Gasteiger partial charge in [-0.2, -0.15) is 12.7 Å². The van der Waals surface area contributed by atoms with E-state index in [-0.39, 0.29) is 0 Å². The lowest BCUT2D eigenvalue weighted by Crippen LogP contribution is -2.20. The molecule has 0 radical (unpaired) electrons. The molecule has 1 aliphatic rings. The van der Waals surface area contributed by atoms with Crippen LogP contribution in [0.25, 0.3) is 11.1 Å². The van der Waals surface area contributed by atoms with Crippen LogP contribution in [0.15, 0.2) is 29.0 Å². The Kier molecular flexibility index (Phi) is 1.92. The Morgan fingerprint density at radius 1 is 1.38 bits per heavy atom. The number of nitrogens with one attached hydrogen (secondary N) is 1. The maximum atomic E-state index is 11.6. The normalized spacial score (nSPS) is 16.5. The molecule has 0 spiro atoms. The third kappa shape index (κ3) is 1.63. The van der Waals surface area contributed by atoms with E-state index in [4.69, 9.17) is 4.42 Å². The predicted molar refractivity (Wildman–Crippen MR) is 58.1 cm³/mol. The highest BCUT2D eigenvalue weighted by atomic mass is 32.2. The molecule has 0 aliphatic carbocycles. The van der Waals surface area contributed by atoms with Gasteiger partial charge in [0.25, 0.3) is 0 Å². The van der Waals surface area contributed by atoms with Crippen LogP contribution in [0.4, 0.5) is 5.69 Å². The average molecular weight is 239 g/mol. The Bertz CT molecular complexity index is 630. The Morgan fingerprint density at radius 3 is 2.94 bits per heavy atom. The number of hydrogen-bond donors (Lipinski definition) is 1. The van der Waals surface area contributed by atoms with Gasteiger partial charge in [0.05, 0.1) is 5.69 Å². The molecule has 2 heterocycles. The summed E-state index contributed by atoms with van der Waals surface area (Å²) in [4.78, 5) is 3.95. The fourth-order valence-corrected chi connectivity index (χ4v) is 2.53. The van der Waals surface area contributed by atoms with Crippen LogP contribution in [0.1, 0.15) is 0 Å². The Balaban J connectivity index is 1.94. The van der Waals surface area contributed by atoms with E-state index in [1.807, 2.05) is 0 Å². The lowest BCUT2D eigenvalue weighted by molar-refractivity contribution is 0.569. The molecule has 6 nitrogen and oxygen atoms in total. The van der Waals surface area contributed by atoms with Crippen LogP contribution in [-0.2, 0) is 10.2 Å². The van der Waals surface area contributed by atoms with E-state index in [0.717, 1.165) is 0 Å². The lowest BCUT2D eigenvalue weighted by atomic mass is 10.3. The van der Waals surface area contributed by atoms with Crippen LogP contribution in [0.2, 0.25) is 0 Å². The van der Waals surface area contributed by atoms with Crippen LogP contribution in [0.5, 0.6) is 0 Å². The van der Waals surface area contributed by atoms with Gasteiger partial charge in [0.1, 0.15) is 5.52 Å². The molecule has 1 saturated heterocycles. The summed E-state index contributed by atoms with van der Waals surface area (Å²) < 4.78 is 32.1. The third-order valence-corrected chi connectivity index (χ3v) is 3.86. The van der Waals surface area contributed by atoms with E-state index in [9.17, 15) is 8.42 Å². The summed E-state index contributed by atoms with van der Waals surface area (Å²) in [5.41, 5.74) is 1.75. The van der Waals surface area contributed by atoms with Gasteiger partial charge < -0.3 is 4.42 Å². The number of benzene rings is 1. The molecular weight excluding hydrogens is 230 g/mol. The second kappa shape index (κ2) is 3.19. The summed E-state index contributed by atoms with van der Waals surface area (Å²) in [6, 6.07) is 4.98. The highest BCUT2D eigenvalue weighted by molar-refractivity contribution is 7.90. The minimum atomic E-state index is -3.37. The zero-order valence-electron chi connectivity index (χ0n) is 8.25. The Labute approximate surface area is 92.1 Å². The summed E-state index contributed by atoms with van der Waals surface area (Å²) >= 11 is 0. The number of nitrogens with zero attached hydrogens (tertiary/aromatic N) is 2. The number of aromatic nitrogens is 1. The maximum absolute atomic E-state index is 11.6. The standard InChI is InChI=1S/C9H9N3O3S/c13-16(14,12-3-4-12)11-7-1-2-8-9(5-7)15-6-10-8/h1-2,5-6,11H,3-4H2. The first kappa shape index (κ1) is 9.61. The molecule has 0 amide bonds. The first-order valence-electron chi connectivity index (χ1n) is 4.76. The van der Waals surface area contributed by atoms with Gasteiger partial charge in [0.15, 0.2) is 12.0 Å². The quantitative estimate of drug-likeness (QED) is 0.804. The monoisotopic (exact) mass is 239 g/mol. The molecule has 16 heavy (non-hydrogen) atoms. The van der Waals surface area contributed by atoms with Crippen molar-refractivity contribution in [2.24, 2.45) is 0 Å². The fraction of sp³-hybridized carbons (Fsp3) is 0.222. The third-order valence-electron chi connectivity index (χ3n) is 2.32. The second-order valence-corrected chi connectivity index (χ2v) is 5.21. The van der Waals surface area contributed by atoms with Crippen LogP contribution in [0.3, 0.4) is 0 Å². The maximum Gasteiger partial charge on any atom is 0.301 e. The van der Waals surface area contributed by atoms with Crippen molar-refractivity contribution < 1.29 is 12.8 Å². The van der Waals surface area contributed by atoms with Crippen molar-refractivity contribution in [2.45, 2.75) is 0 Å². The van der Waals surface area contributed by atoms with E-state index < -0.39 is 10.2 Å². The van der Waals surface area contributed by atoms with Gasteiger partial charge in [-0.25, -0.2) is 4.98 Å². The van der Waals surface area contributed by atoms with Crippen LogP contribution in [0, 0.1) is 0 Å². The van der Waals surface area contributed by atoms with Crippen molar-refractivity contribution in [2.75, 3.05) is 17.8 Å². The second-order valence-electron chi connectivity index (χ2n) is 3.54. The highest BCUT2D eigenvalue weighted by Crippen LogP contribution is 2.21. The Hall–Kier alpha value is -1.60. The van der Waals surface area contributed by atoms with E-state index in [2.05, 4.69) is 9.71 Å². The van der Waals surface area contributed by atoms with Crippen molar-refractivity contribution in [3.63, 3.8) is 0 Å². The molecule has 84 valence electrons. The fourth-order valence-electron chi connectivity index (χ4n) is 1.41. The largest absolute Gasteiger partial charge is 0.443 e. The molecule has 3 rings (SSSR count). The zero-order chi connectivity index (χ0) is 11.2. The van der Waals surface area contributed by atoms with Crippen molar-refractivity contribution >= 4 is 27.0 Å². The van der Waals surface area contributed by atoms with Crippen molar-refractivity contribution in [3.05, 3.63) is 24.6 Å². The van der Waals surface area contributed by atoms with Gasteiger partial charge in [-0.15, -0.1) is 0 Å². The van der Waals surface area contributed by atoms with Gasteiger partial charge in [0, 0.05) is 19.2 Å². The van der Waals surface area contributed by atoms with Crippen LogP contribution in [-0.4, -0.2) is 30.8 Å². The molecule has 0 saturated carbocycles. The number of hydrogen-bond acceptors (Lipinski definition) is 4. The van der Waals surface area contributed by atoms with E-state index in [1.54, 1.807) is 18.2 Å². The molecule has 1 aromatic heterocycles. The SMILES string of the molecule is O=S(=O)(Nc1ccc2ncoc2c1)N1CC1. The summed E-state index contributed by atoms with van der Waals surface area (Å²) in [6.07, 6.45) is 1.33. The number of rotatable bonds is 3. The van der Waals surface area contributed by atoms with Crippen molar-refractivity contribution in [1.29, 1.82) is 0 Å². The van der Waals surface area contributed by atoms with Crippen molar-refractivity contribution in [3.8, 4) is 0 Å². The van der Waals surface area contributed by atoms with E-state index >= 15 is 0 Å². The molecular formula is C9H9N3O3S. The minimum Gasteiger partial charge on any atom is -0.443 e. The zero-order valence-corrected chi connectivity index (χ0v) is 9.07. The number of fused-ring (bicyclic) bond motifs is 1. The highest BCUT2D eigenvalue weighted by Gasteiger charge is 2.31. The first-order chi connectivity index (χ1) is 7.65. The molecule has 0 bridgehead atoms. The summed E-state index contributed by atoms with van der Waals surface area (Å²) in [6.45, 7) is 1.17. The molecule has 0 unspecified atom stereocenters. The van der Waals surface area contributed by atoms with E-state index in [1.165, 1.54) is 10.7 Å². The van der Waals surface area contributed by atoms with Gasteiger partial charge in [-0.1, -0.05) is 0 Å². The lowest BCUT2D eigenvalue weighted by Gasteiger charge is -2.06. The van der Waals surface area contributed by atoms with Gasteiger partial charge in [-0.05, 0) is 12.1 Å². The van der Waals surface area contributed by atoms with E-state index in [0.29, 0.717) is 29.9 Å². The van der Waals surface area contributed by atoms with Crippen LogP contribution < -0.4 is 4.72 Å². The molecule has 1 aromatic carbocycles. The number of anilines is 1. The molecule has 1 N–H and O–H groups in total. The molecule has 1 aliphatic heterocycles. The predicted octanol–water partition coefficient (Wildman–Crippen LogP) is 0.800. The molecule has 0 atom stereocenters. The summed E-state index contributed by atoms with van der Waals surface area (Å²) in [5.74, 6) is 0. The first-order valence-corrected chi connectivity index (χ1v) is 6.20. The molecule has 7 heteroatoms. The average Bonchev–Trinajstić information content (AvgIpc) is 2.99. The summed E-state index contributed by atoms with van der Waals surface area (Å²) in [7, 11) is -3.37. The molecule has 2 aromatic rings. The van der Waals surface area contributed by atoms with Gasteiger partial charge in [0.2, 0.25) is 0 Å². The summed E-state index contributed by atoms with van der Waals surface area (Å²) in [5, 5.41) is 0. The van der Waals surface area contributed by atoms with Gasteiger partial charge in [-0.3, -0.25) is 4.72 Å². The smallest absolute Gasteiger partial charge is 0.301 e. The Morgan fingerprint density at radius 2 is 2.19 bits per heavy atom. The minimum absolute atomic E-state index is 0.483. The molecule has 1 fully saturated rings. The number of oxazole rings is 1. The van der Waals surface area contributed by atoms with Crippen LogP contribution >= 0.6 is 0 Å².